The summed E-state index contributed by atoms with van der Waals surface area (Å²) < 4.78 is 0. The Morgan fingerprint density at radius 1 is 0.974 bits per heavy atom. The molecule has 0 aliphatic carbocycles. The molecule has 10 nitrogen and oxygen atoms in total. The van der Waals surface area contributed by atoms with Gasteiger partial charge in [-0.3, -0.25) is 14.9 Å². The highest BCUT2D eigenvalue weighted by atomic mass is 16.3. The normalized spacial score (nSPS) is 10.4. The van der Waals surface area contributed by atoms with Crippen molar-refractivity contribution in [1.29, 1.82) is 0 Å². The summed E-state index contributed by atoms with van der Waals surface area (Å²) in [6, 6.07) is -0.524. The summed E-state index contributed by atoms with van der Waals surface area (Å²) in [5.41, 5.74) is 0.777. The van der Waals surface area contributed by atoms with E-state index in [0.717, 1.165) is 44.3 Å². The summed E-state index contributed by atoms with van der Waals surface area (Å²) in [6.45, 7) is 21.8. The molecule has 0 aromatic carbocycles. The Labute approximate surface area is 240 Å². The second-order valence-corrected chi connectivity index (χ2v) is 7.08. The second kappa shape index (κ2) is 48.6. The Morgan fingerprint density at radius 3 is 1.90 bits per heavy atom. The Hall–Kier alpha value is -2.40. The molecule has 0 aromatic heterocycles. The number of hydrogen-bond donors (Lipinski definition) is 5. The number of allylic oxidation sites excluding steroid dienone is 2. The number of hydrogen-bond acceptors (Lipinski definition) is 9. The predicted octanol–water partition coefficient (Wildman–Crippen LogP) is 3.07. The van der Waals surface area contributed by atoms with Crippen LogP contribution in [0.25, 0.3) is 0 Å². The Bertz CT molecular complexity index is 544. The van der Waals surface area contributed by atoms with Crippen molar-refractivity contribution >= 4 is 24.8 Å². The van der Waals surface area contributed by atoms with Crippen molar-refractivity contribution in [1.82, 2.24) is 26.2 Å². The van der Waals surface area contributed by atoms with E-state index < -0.39 is 12.3 Å². The Morgan fingerprint density at radius 2 is 1.51 bits per heavy atom. The van der Waals surface area contributed by atoms with Crippen molar-refractivity contribution in [2.45, 2.75) is 93.3 Å². The van der Waals surface area contributed by atoms with Gasteiger partial charge in [-0.1, -0.05) is 61.5 Å². The largest absolute Gasteiger partial charge is 0.379 e. The molecule has 0 fully saturated rings. The molecule has 0 aliphatic heterocycles. The Kier molecular flexibility index (Phi) is 61.8. The van der Waals surface area contributed by atoms with E-state index in [2.05, 4.69) is 34.8 Å². The molecule has 10 heteroatoms. The number of aliphatic hydroxyl groups is 1. The number of carbonyl (C=O) groups excluding carboxylic acids is 4. The van der Waals surface area contributed by atoms with Crippen LogP contribution in [0.2, 0.25) is 0 Å². The summed E-state index contributed by atoms with van der Waals surface area (Å²) in [7, 11) is 5.57. The first-order valence-electron chi connectivity index (χ1n) is 14.1. The van der Waals surface area contributed by atoms with Crippen LogP contribution in [0.3, 0.4) is 0 Å². The van der Waals surface area contributed by atoms with Crippen LogP contribution in [0, 0.1) is 0 Å². The fourth-order valence-corrected chi connectivity index (χ4v) is 2.02. The molecular weight excluding hydrogens is 498 g/mol. The number of nitrogens with one attached hydrogen (secondary N) is 4. The quantitative estimate of drug-likeness (QED) is 0.0596. The fraction of sp³-hybridized carbons (Fsp3) is 0.724. The highest BCUT2D eigenvalue weighted by molar-refractivity contribution is 5.81. The minimum atomic E-state index is -0.745. The molecule has 1 amide bonds. The van der Waals surface area contributed by atoms with Crippen molar-refractivity contribution in [3.63, 3.8) is 0 Å². The third kappa shape index (κ3) is 52.8. The van der Waals surface area contributed by atoms with Gasteiger partial charge in [0.25, 0.3) is 0 Å². The smallest absolute Gasteiger partial charge is 0.234 e. The van der Waals surface area contributed by atoms with Crippen LogP contribution in [0.4, 0.5) is 0 Å². The van der Waals surface area contributed by atoms with E-state index in [4.69, 9.17) is 0 Å². The van der Waals surface area contributed by atoms with Gasteiger partial charge >= 0.3 is 0 Å². The monoisotopic (exact) mass is 561 g/mol. The summed E-state index contributed by atoms with van der Waals surface area (Å²) in [5.74, 6) is -0.322. The van der Waals surface area contributed by atoms with Gasteiger partial charge in [-0.25, -0.2) is 0 Å². The zero-order chi connectivity index (χ0) is 31.9. The maximum absolute atomic E-state index is 11.4. The molecule has 0 spiro atoms. The van der Waals surface area contributed by atoms with Crippen LogP contribution in [0.15, 0.2) is 24.4 Å². The van der Waals surface area contributed by atoms with Gasteiger partial charge in [0.15, 0.2) is 0 Å². The molecule has 0 saturated heterocycles. The molecular formula is C29H63N5O5. The molecule has 0 aliphatic rings. The summed E-state index contributed by atoms with van der Waals surface area (Å²) >= 11 is 0. The van der Waals surface area contributed by atoms with E-state index in [0.29, 0.717) is 25.5 Å². The van der Waals surface area contributed by atoms with Crippen molar-refractivity contribution in [3.8, 4) is 0 Å². The summed E-state index contributed by atoms with van der Waals surface area (Å²) in [5, 5.41) is 20.5. The van der Waals surface area contributed by atoms with Gasteiger partial charge in [0.1, 0.15) is 25.1 Å². The molecule has 2 unspecified atom stereocenters. The zero-order valence-corrected chi connectivity index (χ0v) is 26.9. The number of rotatable bonds is 17. The van der Waals surface area contributed by atoms with Crippen LogP contribution in [-0.4, -0.2) is 94.4 Å². The van der Waals surface area contributed by atoms with Crippen LogP contribution in [0.5, 0.6) is 0 Å². The molecule has 0 saturated carbocycles. The van der Waals surface area contributed by atoms with E-state index in [1.54, 1.807) is 20.0 Å². The minimum absolute atomic E-state index is 0.0228. The number of aliphatic hydroxyl groups excluding tert-OH is 1. The van der Waals surface area contributed by atoms with Gasteiger partial charge in [0, 0.05) is 19.3 Å². The summed E-state index contributed by atoms with van der Waals surface area (Å²) in [4.78, 5) is 43.4. The lowest BCUT2D eigenvalue weighted by atomic mass is 10.1. The van der Waals surface area contributed by atoms with E-state index in [9.17, 15) is 24.3 Å². The van der Waals surface area contributed by atoms with Crippen molar-refractivity contribution < 1.29 is 24.3 Å². The molecule has 0 radical (unpaired) electrons. The lowest BCUT2D eigenvalue weighted by Crippen LogP contribution is -2.42. The van der Waals surface area contributed by atoms with Gasteiger partial charge in [-0.05, 0) is 59.0 Å². The van der Waals surface area contributed by atoms with E-state index in [1.807, 2.05) is 60.5 Å². The number of nitrogens with zero attached hydrogens (tertiary/aromatic N) is 1. The zero-order valence-electron chi connectivity index (χ0n) is 26.9. The molecule has 0 rings (SSSR count). The number of unbranched alkanes of at least 4 members (excludes halogenated alkanes) is 2. The van der Waals surface area contributed by atoms with Gasteiger partial charge in [0.2, 0.25) is 5.91 Å². The molecule has 0 bridgehead atoms. The highest BCUT2D eigenvalue weighted by Gasteiger charge is 2.09. The lowest BCUT2D eigenvalue weighted by molar-refractivity contribution is -0.123. The fourth-order valence-electron chi connectivity index (χ4n) is 2.02. The molecule has 5 N–H and O–H groups in total. The van der Waals surface area contributed by atoms with Crippen molar-refractivity contribution in [2.75, 3.05) is 47.3 Å². The lowest BCUT2D eigenvalue weighted by Gasteiger charge is -2.19. The number of amides is 1. The van der Waals surface area contributed by atoms with Crippen LogP contribution in [0.1, 0.15) is 81.1 Å². The number of carbonyl (C=O) groups is 4. The standard InChI is InChI=1S/C17H29N3O4.C3H7NO.C3H9N.3C2H6/c1-14(13-22)19-17(24)12-18-16(23)9-5-4-6-10-20(3)15(2)8-7-11-21;1-4-2-3-5;1-3-4-2;3*1-2/h7-8,11,13-14,16,18,23H,2,4-6,9-10,12H2,1,3H3,(H,19,24);3-4H,2H2,1H3;4H,3H2,1-2H3;3*1-2H3/b8-7-;;;;;. The predicted molar refractivity (Wildman–Crippen MR) is 167 cm³/mol. The van der Waals surface area contributed by atoms with E-state index in [-0.39, 0.29) is 12.5 Å². The van der Waals surface area contributed by atoms with E-state index >= 15 is 0 Å². The van der Waals surface area contributed by atoms with Crippen LogP contribution >= 0.6 is 0 Å². The second-order valence-electron chi connectivity index (χ2n) is 7.08. The van der Waals surface area contributed by atoms with Gasteiger partial charge < -0.3 is 35.5 Å². The first-order chi connectivity index (χ1) is 18.7. The minimum Gasteiger partial charge on any atom is -0.379 e. The first-order valence-corrected chi connectivity index (χ1v) is 14.1. The highest BCUT2D eigenvalue weighted by Crippen LogP contribution is 2.06. The van der Waals surface area contributed by atoms with Crippen molar-refractivity contribution in [3.05, 3.63) is 24.4 Å². The third-order valence-electron chi connectivity index (χ3n) is 4.06. The SMILES string of the molecule is C=C(/C=C\C=O)N(C)CCCCCC(O)NCC(=O)NC(C)C=O.CC.CC.CC.CCNC.CNCC=O. The number of likely N-dealkylation sites (N-methyl/N-ethyl adjacent to an activating group) is 2. The molecule has 234 valence electrons. The molecule has 39 heavy (non-hydrogen) atoms. The number of aldehydes is 3. The average Bonchev–Trinajstić information content (AvgIpc) is 2.98. The third-order valence-corrected chi connectivity index (χ3v) is 4.06. The first kappa shape index (κ1) is 49.5. The maximum atomic E-state index is 11.4. The Balaban J connectivity index is -0.000000150. The van der Waals surface area contributed by atoms with Crippen LogP contribution < -0.4 is 21.3 Å². The van der Waals surface area contributed by atoms with Gasteiger partial charge in [-0.15, -0.1) is 0 Å². The van der Waals surface area contributed by atoms with Crippen LogP contribution in [-0.2, 0) is 19.2 Å². The van der Waals surface area contributed by atoms with Crippen molar-refractivity contribution in [2.24, 2.45) is 0 Å². The average molecular weight is 562 g/mol. The van der Waals surface area contributed by atoms with Gasteiger partial charge in [-0.2, -0.15) is 0 Å². The molecule has 0 heterocycles. The molecule has 0 aromatic rings. The van der Waals surface area contributed by atoms with Gasteiger partial charge in [0.05, 0.1) is 19.1 Å². The maximum Gasteiger partial charge on any atom is 0.234 e. The molecule has 2 atom stereocenters. The topological polar surface area (TPSA) is 140 Å². The summed E-state index contributed by atoms with van der Waals surface area (Å²) in [6.07, 6.45) is 7.76. The van der Waals surface area contributed by atoms with E-state index in [1.165, 1.54) is 6.08 Å².